The molecule has 2 aromatic carbocycles. The Morgan fingerprint density at radius 2 is 1.36 bits per heavy atom. The average Bonchev–Trinajstić information content (AvgIpc) is 2.58. The highest BCUT2D eigenvalue weighted by atomic mass is 16.3. The highest BCUT2D eigenvalue weighted by molar-refractivity contribution is 5.28. The first kappa shape index (κ1) is 14.8. The minimum absolute atomic E-state index is 0.112. The van der Waals surface area contributed by atoms with Gasteiger partial charge in [-0.2, -0.15) is 0 Å². The third kappa shape index (κ3) is 2.78. The molecule has 0 radical (unpaired) electrons. The summed E-state index contributed by atoms with van der Waals surface area (Å²) in [6.07, 6.45) is 6.77. The highest BCUT2D eigenvalue weighted by Gasteiger charge is 2.42. The number of terminal acetylenes is 1. The molecule has 1 heterocycles. The molecule has 2 atom stereocenters. The second-order valence-corrected chi connectivity index (χ2v) is 6.10. The second-order valence-electron chi connectivity index (χ2n) is 6.10. The molecule has 2 nitrogen and oxygen atoms in total. The van der Waals surface area contributed by atoms with Gasteiger partial charge in [-0.3, -0.25) is 4.90 Å². The van der Waals surface area contributed by atoms with E-state index in [1.54, 1.807) is 0 Å². The Kier molecular flexibility index (Phi) is 4.02. The van der Waals surface area contributed by atoms with Gasteiger partial charge < -0.3 is 5.11 Å². The van der Waals surface area contributed by atoms with E-state index in [9.17, 15) is 5.11 Å². The fraction of sp³-hybridized carbons (Fsp3) is 0.300. The topological polar surface area (TPSA) is 23.5 Å². The second kappa shape index (κ2) is 5.96. The van der Waals surface area contributed by atoms with Crippen molar-refractivity contribution in [1.29, 1.82) is 0 Å². The van der Waals surface area contributed by atoms with Crippen molar-refractivity contribution < 1.29 is 5.11 Å². The molecular weight excluding hydrogens is 270 g/mol. The number of hydrogen-bond donors (Lipinski definition) is 1. The molecule has 1 aliphatic heterocycles. The Bertz CT molecular complexity index is 610. The van der Waals surface area contributed by atoms with Crippen LogP contribution in [0.15, 0.2) is 60.7 Å². The molecule has 22 heavy (non-hydrogen) atoms. The lowest BCUT2D eigenvalue weighted by molar-refractivity contribution is -0.0298. The molecule has 0 aliphatic carbocycles. The molecule has 1 saturated heterocycles. The summed E-state index contributed by atoms with van der Waals surface area (Å²) in [4.78, 5) is 2.33. The van der Waals surface area contributed by atoms with E-state index in [0.717, 1.165) is 0 Å². The van der Waals surface area contributed by atoms with Crippen LogP contribution in [0.3, 0.4) is 0 Å². The van der Waals surface area contributed by atoms with Crippen molar-refractivity contribution in [3.63, 3.8) is 0 Å². The van der Waals surface area contributed by atoms with Crippen LogP contribution >= 0.6 is 0 Å². The predicted octanol–water partition coefficient (Wildman–Crippen LogP) is 3.56. The molecule has 112 valence electrons. The monoisotopic (exact) mass is 291 g/mol. The zero-order chi connectivity index (χ0) is 15.6. The van der Waals surface area contributed by atoms with E-state index >= 15 is 0 Å². The van der Waals surface area contributed by atoms with Crippen LogP contribution in [-0.2, 0) is 0 Å². The minimum Gasteiger partial charge on any atom is -0.377 e. The first-order valence-electron chi connectivity index (χ1n) is 7.65. The summed E-state index contributed by atoms with van der Waals surface area (Å²) in [5.74, 6) is 2.63. The number of nitrogens with zero attached hydrogens (tertiary/aromatic N) is 1. The van der Waals surface area contributed by atoms with E-state index in [0.29, 0.717) is 12.8 Å². The van der Waals surface area contributed by atoms with Gasteiger partial charge >= 0.3 is 0 Å². The maximum Gasteiger partial charge on any atom is 0.128 e. The lowest BCUT2D eigenvalue weighted by Crippen LogP contribution is -2.45. The largest absolute Gasteiger partial charge is 0.377 e. The van der Waals surface area contributed by atoms with Gasteiger partial charge in [0, 0.05) is 24.9 Å². The minimum atomic E-state index is -1.06. The number of rotatable bonds is 2. The van der Waals surface area contributed by atoms with Crippen molar-refractivity contribution in [2.24, 2.45) is 0 Å². The molecule has 2 heteroatoms. The van der Waals surface area contributed by atoms with E-state index in [1.165, 1.54) is 11.1 Å². The van der Waals surface area contributed by atoms with Gasteiger partial charge in [0.15, 0.2) is 0 Å². The summed E-state index contributed by atoms with van der Waals surface area (Å²) in [5, 5.41) is 10.8. The van der Waals surface area contributed by atoms with Crippen LogP contribution in [0.4, 0.5) is 0 Å². The molecule has 3 rings (SSSR count). The van der Waals surface area contributed by atoms with Gasteiger partial charge in [-0.25, -0.2) is 0 Å². The van der Waals surface area contributed by atoms with E-state index in [4.69, 9.17) is 6.42 Å². The van der Waals surface area contributed by atoms with Crippen molar-refractivity contribution in [2.75, 3.05) is 7.05 Å². The Hall–Kier alpha value is -2.08. The zero-order valence-electron chi connectivity index (χ0n) is 12.8. The molecule has 0 amide bonds. The summed E-state index contributed by atoms with van der Waals surface area (Å²) in [6, 6.07) is 20.8. The van der Waals surface area contributed by atoms with Gasteiger partial charge in [-0.15, -0.1) is 6.42 Å². The van der Waals surface area contributed by atoms with E-state index in [1.807, 2.05) is 36.4 Å². The number of benzene rings is 2. The number of aliphatic hydroxyl groups is 1. The highest BCUT2D eigenvalue weighted by Crippen LogP contribution is 2.44. The smallest absolute Gasteiger partial charge is 0.128 e. The van der Waals surface area contributed by atoms with E-state index in [2.05, 4.69) is 42.1 Å². The summed E-state index contributed by atoms with van der Waals surface area (Å²) in [7, 11) is 2.12. The average molecular weight is 291 g/mol. The summed E-state index contributed by atoms with van der Waals surface area (Å²) < 4.78 is 0. The summed E-state index contributed by atoms with van der Waals surface area (Å²) in [5.41, 5.74) is 1.33. The summed E-state index contributed by atoms with van der Waals surface area (Å²) >= 11 is 0. The molecule has 0 aromatic heterocycles. The summed E-state index contributed by atoms with van der Waals surface area (Å²) in [6.45, 7) is 0. The molecule has 1 fully saturated rings. The van der Waals surface area contributed by atoms with Crippen LogP contribution in [-0.4, -0.2) is 22.7 Å². The van der Waals surface area contributed by atoms with Crippen molar-refractivity contribution in [2.45, 2.75) is 30.5 Å². The third-order valence-electron chi connectivity index (χ3n) is 4.68. The van der Waals surface area contributed by atoms with Gasteiger partial charge in [-0.05, 0) is 18.2 Å². The van der Waals surface area contributed by atoms with Crippen LogP contribution in [0.5, 0.6) is 0 Å². The maximum atomic E-state index is 10.8. The molecule has 0 spiro atoms. The molecular formula is C20H21NO. The van der Waals surface area contributed by atoms with Gasteiger partial charge in [0.2, 0.25) is 0 Å². The van der Waals surface area contributed by atoms with Gasteiger partial charge in [0.05, 0.1) is 0 Å². The molecule has 1 N–H and O–H groups in total. The normalized spacial score (nSPS) is 29.0. The Morgan fingerprint density at radius 1 is 0.955 bits per heavy atom. The first-order chi connectivity index (χ1) is 10.6. The van der Waals surface area contributed by atoms with Gasteiger partial charge in [0.25, 0.3) is 0 Å². The SMILES string of the molecule is C#CC1(O)C[C@H](c2ccccc2)N(C)[C@@H](c2ccccc2)C1. The molecule has 0 bridgehead atoms. The lowest BCUT2D eigenvalue weighted by Gasteiger charge is -2.46. The number of hydrogen-bond acceptors (Lipinski definition) is 2. The first-order valence-corrected chi connectivity index (χ1v) is 7.65. The predicted molar refractivity (Wildman–Crippen MR) is 89.1 cm³/mol. The number of piperidine rings is 1. The zero-order valence-corrected chi connectivity index (χ0v) is 12.8. The quantitative estimate of drug-likeness (QED) is 0.855. The van der Waals surface area contributed by atoms with Crippen LogP contribution in [0.2, 0.25) is 0 Å². The van der Waals surface area contributed by atoms with Crippen molar-refractivity contribution in [1.82, 2.24) is 4.90 Å². The molecule has 0 unspecified atom stereocenters. The molecule has 1 aliphatic rings. The van der Waals surface area contributed by atoms with Crippen molar-refractivity contribution in [3.05, 3.63) is 71.8 Å². The standard InChI is InChI=1S/C20H21NO/c1-3-20(22)14-18(16-10-6-4-7-11-16)21(2)19(15-20)17-12-8-5-9-13-17/h1,4-13,18-19,22H,14-15H2,2H3/t18-,19-/m1/s1. The Morgan fingerprint density at radius 3 is 1.73 bits per heavy atom. The van der Waals surface area contributed by atoms with Crippen LogP contribution < -0.4 is 0 Å². The van der Waals surface area contributed by atoms with E-state index in [-0.39, 0.29) is 12.1 Å². The Balaban J connectivity index is 1.99. The molecule has 2 aromatic rings. The van der Waals surface area contributed by atoms with Crippen LogP contribution in [0.25, 0.3) is 0 Å². The van der Waals surface area contributed by atoms with Crippen LogP contribution in [0.1, 0.15) is 36.1 Å². The van der Waals surface area contributed by atoms with Crippen LogP contribution in [0, 0.1) is 12.3 Å². The van der Waals surface area contributed by atoms with Crippen molar-refractivity contribution in [3.8, 4) is 12.3 Å². The van der Waals surface area contributed by atoms with Gasteiger partial charge in [-0.1, -0.05) is 66.6 Å². The fourth-order valence-electron chi connectivity index (χ4n) is 3.40. The Labute approximate surface area is 132 Å². The van der Waals surface area contributed by atoms with E-state index < -0.39 is 5.60 Å². The molecule has 0 saturated carbocycles. The fourth-order valence-corrected chi connectivity index (χ4v) is 3.40. The van der Waals surface area contributed by atoms with Crippen molar-refractivity contribution >= 4 is 0 Å². The third-order valence-corrected chi connectivity index (χ3v) is 4.68. The number of likely N-dealkylation sites (tertiary alicyclic amines) is 1. The van der Waals surface area contributed by atoms with Gasteiger partial charge in [0.1, 0.15) is 5.60 Å². The lowest BCUT2D eigenvalue weighted by atomic mass is 9.78. The maximum absolute atomic E-state index is 10.8.